The van der Waals surface area contributed by atoms with Gasteiger partial charge in [-0.05, 0) is 0 Å². The van der Waals surface area contributed by atoms with E-state index in [-0.39, 0.29) is 11.7 Å². The molecule has 3 atom stereocenters. The maximum absolute atomic E-state index is 10.3. The number of carbonyl (C=O) groups is 1. The van der Waals surface area contributed by atoms with Crippen LogP contribution in [0.25, 0.3) is 0 Å². The zero-order valence-corrected chi connectivity index (χ0v) is 7.85. The molecule has 0 amide bonds. The summed E-state index contributed by atoms with van der Waals surface area (Å²) in [6.07, 6.45) is 0.0431. The molecule has 1 saturated heterocycles. The first-order chi connectivity index (χ1) is 5.59. The van der Waals surface area contributed by atoms with Crippen molar-refractivity contribution in [1.29, 1.82) is 0 Å². The van der Waals surface area contributed by atoms with Gasteiger partial charge in [0, 0.05) is 11.0 Å². The van der Waals surface area contributed by atoms with Crippen LogP contribution < -0.4 is 0 Å². The molecule has 4 nitrogen and oxygen atoms in total. The van der Waals surface area contributed by atoms with E-state index in [0.29, 0.717) is 5.75 Å². The Kier molecular flexibility index (Phi) is 3.70. The molecule has 1 rings (SSSR count). The number of aliphatic hydroxyl groups excluding tert-OH is 2. The van der Waals surface area contributed by atoms with E-state index in [1.54, 1.807) is 0 Å². The topological polar surface area (TPSA) is 77.8 Å². The molecule has 0 radical (unpaired) electrons. The summed E-state index contributed by atoms with van der Waals surface area (Å²) in [5.74, 6) is -0.286. The highest BCUT2D eigenvalue weighted by molar-refractivity contribution is 8.07. The molecular weight excluding hydrogens is 200 g/mol. The van der Waals surface area contributed by atoms with Crippen molar-refractivity contribution < 1.29 is 20.1 Å². The van der Waals surface area contributed by atoms with Gasteiger partial charge in [-0.2, -0.15) is 0 Å². The molecular formula is C6H10O4S2. The molecule has 0 aromatic carbocycles. The lowest BCUT2D eigenvalue weighted by Crippen LogP contribution is -2.30. The molecule has 1 aliphatic rings. The molecule has 1 fully saturated rings. The van der Waals surface area contributed by atoms with Crippen LogP contribution in [0.3, 0.4) is 0 Å². The molecule has 0 aromatic heterocycles. The lowest BCUT2D eigenvalue weighted by atomic mass is 10.3. The maximum atomic E-state index is 10.3. The van der Waals surface area contributed by atoms with Crippen molar-refractivity contribution >= 4 is 29.5 Å². The third-order valence-electron chi connectivity index (χ3n) is 1.43. The van der Waals surface area contributed by atoms with Crippen LogP contribution in [0.15, 0.2) is 0 Å². The van der Waals surface area contributed by atoms with E-state index in [9.17, 15) is 4.79 Å². The number of carboxylic acid groups (broad SMARTS) is 1. The van der Waals surface area contributed by atoms with Gasteiger partial charge in [0.05, 0.1) is 6.42 Å². The van der Waals surface area contributed by atoms with Gasteiger partial charge >= 0.3 is 5.97 Å². The van der Waals surface area contributed by atoms with Gasteiger partial charge in [0.15, 0.2) is 0 Å². The monoisotopic (exact) mass is 210 g/mol. The smallest absolute Gasteiger partial charge is 0.304 e. The van der Waals surface area contributed by atoms with E-state index in [0.717, 1.165) is 11.8 Å². The molecule has 1 aliphatic heterocycles. The van der Waals surface area contributed by atoms with Crippen molar-refractivity contribution in [3.8, 4) is 0 Å². The average molecular weight is 210 g/mol. The summed E-state index contributed by atoms with van der Waals surface area (Å²) >= 11 is 2.32. The highest BCUT2D eigenvalue weighted by Crippen LogP contribution is 2.34. The van der Waals surface area contributed by atoms with Crippen LogP contribution in [0.1, 0.15) is 6.42 Å². The van der Waals surface area contributed by atoms with Crippen LogP contribution in [0.5, 0.6) is 0 Å². The minimum absolute atomic E-state index is 0.0431. The van der Waals surface area contributed by atoms with E-state index < -0.39 is 16.8 Å². The highest BCUT2D eigenvalue weighted by Gasteiger charge is 2.29. The second kappa shape index (κ2) is 4.36. The molecule has 0 aromatic rings. The number of hydrogen-bond acceptors (Lipinski definition) is 5. The molecule has 3 N–H and O–H groups in total. The van der Waals surface area contributed by atoms with Crippen LogP contribution in [0.2, 0.25) is 0 Å². The van der Waals surface area contributed by atoms with E-state index in [1.807, 2.05) is 0 Å². The van der Waals surface area contributed by atoms with Crippen LogP contribution >= 0.6 is 23.5 Å². The largest absolute Gasteiger partial charge is 0.481 e. The summed E-state index contributed by atoms with van der Waals surface area (Å²) in [7, 11) is 0. The first kappa shape index (κ1) is 10.2. The molecule has 0 aliphatic carbocycles. The number of rotatable bonds is 2. The van der Waals surface area contributed by atoms with Crippen molar-refractivity contribution in [2.45, 2.75) is 22.5 Å². The van der Waals surface area contributed by atoms with Crippen molar-refractivity contribution in [3.63, 3.8) is 0 Å². The van der Waals surface area contributed by atoms with Gasteiger partial charge in [0.1, 0.15) is 10.9 Å². The quantitative estimate of drug-likeness (QED) is 0.593. The summed E-state index contributed by atoms with van der Waals surface area (Å²) in [5, 5.41) is 26.6. The van der Waals surface area contributed by atoms with Crippen LogP contribution in [-0.2, 0) is 4.79 Å². The first-order valence-corrected chi connectivity index (χ1v) is 5.43. The van der Waals surface area contributed by atoms with E-state index in [1.165, 1.54) is 11.8 Å². The minimum Gasteiger partial charge on any atom is -0.481 e. The van der Waals surface area contributed by atoms with Crippen LogP contribution in [0.4, 0.5) is 0 Å². The SMILES string of the molecule is O=C(O)CC1CSC(O)C(O)S1. The van der Waals surface area contributed by atoms with Crippen molar-refractivity contribution in [2.24, 2.45) is 0 Å². The lowest BCUT2D eigenvalue weighted by molar-refractivity contribution is -0.136. The summed E-state index contributed by atoms with van der Waals surface area (Å²) < 4.78 is 0. The number of hydrogen-bond donors (Lipinski definition) is 3. The first-order valence-electron chi connectivity index (χ1n) is 3.44. The van der Waals surface area contributed by atoms with Gasteiger partial charge in [-0.25, -0.2) is 0 Å². The normalized spacial score (nSPS) is 36.3. The molecule has 0 saturated carbocycles. The molecule has 1 heterocycles. The van der Waals surface area contributed by atoms with Crippen LogP contribution in [-0.4, -0.2) is 43.2 Å². The highest BCUT2D eigenvalue weighted by atomic mass is 32.2. The fraction of sp³-hybridized carbons (Fsp3) is 0.833. The fourth-order valence-corrected chi connectivity index (χ4v) is 3.33. The van der Waals surface area contributed by atoms with E-state index >= 15 is 0 Å². The second-order valence-electron chi connectivity index (χ2n) is 2.47. The Labute approximate surface area is 78.3 Å². The van der Waals surface area contributed by atoms with Crippen molar-refractivity contribution in [3.05, 3.63) is 0 Å². The number of aliphatic carboxylic acids is 1. The summed E-state index contributed by atoms with van der Waals surface area (Å²) in [4.78, 5) is 10.3. The third kappa shape index (κ3) is 2.85. The lowest BCUT2D eigenvalue weighted by Gasteiger charge is -2.27. The Morgan fingerprint density at radius 2 is 2.08 bits per heavy atom. The molecule has 12 heavy (non-hydrogen) atoms. The van der Waals surface area contributed by atoms with Gasteiger partial charge < -0.3 is 15.3 Å². The maximum Gasteiger partial charge on any atom is 0.304 e. The third-order valence-corrected chi connectivity index (χ3v) is 4.26. The summed E-state index contributed by atoms with van der Waals surface area (Å²) in [5.41, 5.74) is -1.63. The Morgan fingerprint density at radius 3 is 2.58 bits per heavy atom. The molecule has 6 heteroatoms. The average Bonchev–Trinajstić information content (AvgIpc) is 1.96. The number of carboxylic acids is 1. The Balaban J connectivity index is 2.35. The Hall–Kier alpha value is 0.0900. The van der Waals surface area contributed by atoms with Gasteiger partial charge in [-0.15, -0.1) is 23.5 Å². The molecule has 70 valence electrons. The number of thioether (sulfide) groups is 2. The zero-order chi connectivity index (χ0) is 9.14. The minimum atomic E-state index is -0.864. The van der Waals surface area contributed by atoms with Gasteiger partial charge in [0.2, 0.25) is 0 Å². The molecule has 3 unspecified atom stereocenters. The predicted molar refractivity (Wildman–Crippen MR) is 48.1 cm³/mol. The standard InChI is InChI=1S/C6H10O4S2/c7-4(8)1-3-2-11-5(9)6(10)12-3/h3,5-6,9-10H,1-2H2,(H,7,8). The molecule has 0 spiro atoms. The number of aliphatic hydroxyl groups is 2. The van der Waals surface area contributed by atoms with Crippen molar-refractivity contribution in [1.82, 2.24) is 0 Å². The Bertz CT molecular complexity index is 175. The van der Waals surface area contributed by atoms with E-state index in [4.69, 9.17) is 15.3 Å². The van der Waals surface area contributed by atoms with Crippen LogP contribution in [0, 0.1) is 0 Å². The Morgan fingerprint density at radius 1 is 1.42 bits per heavy atom. The van der Waals surface area contributed by atoms with Gasteiger partial charge in [-0.3, -0.25) is 4.79 Å². The van der Waals surface area contributed by atoms with Gasteiger partial charge in [-0.1, -0.05) is 0 Å². The fourth-order valence-electron chi connectivity index (χ4n) is 0.894. The summed E-state index contributed by atoms with van der Waals surface area (Å²) in [6.45, 7) is 0. The summed E-state index contributed by atoms with van der Waals surface area (Å²) in [6, 6.07) is 0. The second-order valence-corrected chi connectivity index (χ2v) is 5.04. The predicted octanol–water partition coefficient (Wildman–Crippen LogP) is -0.0535. The van der Waals surface area contributed by atoms with Crippen molar-refractivity contribution in [2.75, 3.05) is 5.75 Å². The van der Waals surface area contributed by atoms with E-state index in [2.05, 4.69) is 0 Å². The van der Waals surface area contributed by atoms with Gasteiger partial charge in [0.25, 0.3) is 0 Å². The molecule has 0 bridgehead atoms. The zero-order valence-electron chi connectivity index (χ0n) is 6.21.